The molecule has 18 heteroatoms. The van der Waals surface area contributed by atoms with Crippen molar-refractivity contribution in [3.05, 3.63) is 76.6 Å². The molecule has 262 valence electrons. The standard InChI is InChI=1S/C31H31F9N4O4.Na/c1-2-4-24(45)8-9-41-26-7-6-21(29(32,33)34)13-20(26)18-44(28-42-15-25(16-43-28)48-10-3-5-27(46)47)17-19-11-22(30(35,36)37)14-23(12-19)31(38,39)40;/h6-7,11-16,41H,2-5,8-10,17-18H2,1H3,(H,46,47);/q;+1/p-1. The zero-order valence-corrected chi connectivity index (χ0v) is 28.4. The predicted octanol–water partition coefficient (Wildman–Crippen LogP) is 3.82. The van der Waals surface area contributed by atoms with Gasteiger partial charge in [0, 0.05) is 44.1 Å². The number of carboxylic acids is 1. The van der Waals surface area contributed by atoms with Crippen LogP contribution in [0.3, 0.4) is 0 Å². The van der Waals surface area contributed by atoms with Crippen LogP contribution in [0.1, 0.15) is 66.8 Å². The topological polar surface area (TPSA) is 107 Å². The predicted molar refractivity (Wildman–Crippen MR) is 153 cm³/mol. The summed E-state index contributed by atoms with van der Waals surface area (Å²) in [7, 11) is 0. The number of ketones is 1. The number of aromatic nitrogens is 2. The summed E-state index contributed by atoms with van der Waals surface area (Å²) in [6, 6.07) is 3.59. The average Bonchev–Trinajstić information content (AvgIpc) is 2.98. The number of Topliss-reactive ketones (excluding diaryl/α,β-unsaturated/α-hetero) is 1. The largest absolute Gasteiger partial charge is 1.00 e. The molecule has 0 aliphatic heterocycles. The second-order valence-electron chi connectivity index (χ2n) is 10.6. The van der Waals surface area contributed by atoms with Gasteiger partial charge < -0.3 is 24.9 Å². The van der Waals surface area contributed by atoms with Crippen molar-refractivity contribution < 1.29 is 88.5 Å². The van der Waals surface area contributed by atoms with Crippen LogP contribution in [0.2, 0.25) is 0 Å². The molecule has 1 N–H and O–H groups in total. The van der Waals surface area contributed by atoms with E-state index < -0.39 is 59.8 Å². The minimum atomic E-state index is -5.15. The molecule has 0 bridgehead atoms. The fourth-order valence-corrected chi connectivity index (χ4v) is 4.50. The van der Waals surface area contributed by atoms with Gasteiger partial charge in [-0.2, -0.15) is 39.5 Å². The number of benzene rings is 2. The van der Waals surface area contributed by atoms with E-state index in [0.717, 1.165) is 35.5 Å². The van der Waals surface area contributed by atoms with Gasteiger partial charge in [0.25, 0.3) is 0 Å². The van der Waals surface area contributed by atoms with Gasteiger partial charge in [0.1, 0.15) is 5.78 Å². The third-order valence-electron chi connectivity index (χ3n) is 6.75. The molecule has 49 heavy (non-hydrogen) atoms. The Labute approximate surface area is 297 Å². The Morgan fingerprint density at radius 3 is 1.94 bits per heavy atom. The van der Waals surface area contributed by atoms with E-state index in [2.05, 4.69) is 15.3 Å². The monoisotopic (exact) mass is 716 g/mol. The maximum absolute atomic E-state index is 13.7. The zero-order valence-electron chi connectivity index (χ0n) is 26.4. The van der Waals surface area contributed by atoms with Crippen LogP contribution >= 0.6 is 0 Å². The number of nitrogens with one attached hydrogen (secondary N) is 1. The summed E-state index contributed by atoms with van der Waals surface area (Å²) >= 11 is 0. The number of halogens is 9. The molecular weight excluding hydrogens is 686 g/mol. The molecule has 2 aromatic carbocycles. The summed E-state index contributed by atoms with van der Waals surface area (Å²) in [6.45, 7) is 0.529. The second-order valence-corrected chi connectivity index (χ2v) is 10.6. The van der Waals surface area contributed by atoms with Crippen molar-refractivity contribution in [2.24, 2.45) is 0 Å². The summed E-state index contributed by atoms with van der Waals surface area (Å²) in [5.74, 6) is -1.65. The molecule has 0 aliphatic rings. The van der Waals surface area contributed by atoms with Crippen molar-refractivity contribution in [2.75, 3.05) is 23.4 Å². The smallest absolute Gasteiger partial charge is 0.550 e. The molecule has 3 rings (SSSR count). The summed E-state index contributed by atoms with van der Waals surface area (Å²) < 4.78 is 128. The number of anilines is 2. The normalized spacial score (nSPS) is 11.9. The van der Waals surface area contributed by atoms with E-state index in [1.807, 2.05) is 0 Å². The van der Waals surface area contributed by atoms with Gasteiger partial charge in [-0.25, -0.2) is 9.97 Å². The van der Waals surface area contributed by atoms with Gasteiger partial charge in [-0.1, -0.05) is 6.92 Å². The molecule has 0 saturated carbocycles. The number of aliphatic carboxylic acids is 1. The van der Waals surface area contributed by atoms with E-state index in [0.29, 0.717) is 25.0 Å². The average molecular weight is 717 g/mol. The minimum Gasteiger partial charge on any atom is -0.550 e. The van der Waals surface area contributed by atoms with Crippen molar-refractivity contribution in [3.8, 4) is 5.75 Å². The quantitative estimate of drug-likeness (QED) is 0.136. The van der Waals surface area contributed by atoms with Gasteiger partial charge in [-0.15, -0.1) is 0 Å². The zero-order chi connectivity index (χ0) is 35.7. The Balaban J connectivity index is 0.00000833. The van der Waals surface area contributed by atoms with Crippen LogP contribution in [0.15, 0.2) is 48.8 Å². The van der Waals surface area contributed by atoms with E-state index in [-0.39, 0.29) is 96.8 Å². The Hall–Kier alpha value is -3.57. The number of carbonyl (C=O) groups excluding carboxylic acids is 2. The number of carboxylic acid groups (broad SMARTS) is 1. The Bertz CT molecular complexity index is 1520. The van der Waals surface area contributed by atoms with Crippen molar-refractivity contribution in [1.82, 2.24) is 9.97 Å². The van der Waals surface area contributed by atoms with Crippen LogP contribution in [-0.4, -0.2) is 34.9 Å². The third-order valence-corrected chi connectivity index (χ3v) is 6.75. The summed E-state index contributed by atoms with van der Waals surface area (Å²) in [5.41, 5.74) is -4.69. The van der Waals surface area contributed by atoms with Crippen molar-refractivity contribution in [3.63, 3.8) is 0 Å². The number of ether oxygens (including phenoxy) is 1. The number of rotatable bonds is 16. The molecule has 3 aromatic rings. The van der Waals surface area contributed by atoms with Gasteiger partial charge in [0.15, 0.2) is 5.75 Å². The van der Waals surface area contributed by atoms with Crippen LogP contribution in [0.5, 0.6) is 5.75 Å². The molecule has 0 amide bonds. The Morgan fingerprint density at radius 1 is 0.816 bits per heavy atom. The van der Waals surface area contributed by atoms with Crippen molar-refractivity contribution in [1.29, 1.82) is 0 Å². The number of carbonyl (C=O) groups is 2. The second kappa shape index (κ2) is 17.9. The van der Waals surface area contributed by atoms with Crippen LogP contribution in [-0.2, 0) is 41.2 Å². The first-order valence-corrected chi connectivity index (χ1v) is 14.5. The first kappa shape index (κ1) is 41.6. The first-order valence-electron chi connectivity index (χ1n) is 14.5. The van der Waals surface area contributed by atoms with E-state index in [1.54, 1.807) is 6.92 Å². The molecule has 1 aromatic heterocycles. The van der Waals surface area contributed by atoms with Gasteiger partial charge in [0.05, 0.1) is 35.7 Å². The molecular formula is C31H30F9N4NaO4. The Morgan fingerprint density at radius 2 is 1.41 bits per heavy atom. The molecule has 0 radical (unpaired) electrons. The number of nitrogens with zero attached hydrogens (tertiary/aromatic N) is 3. The van der Waals surface area contributed by atoms with Gasteiger partial charge in [-0.3, -0.25) is 4.79 Å². The molecule has 0 aliphatic carbocycles. The van der Waals surface area contributed by atoms with Gasteiger partial charge >= 0.3 is 48.1 Å². The minimum absolute atomic E-state index is 0. The van der Waals surface area contributed by atoms with Crippen LogP contribution < -0.4 is 49.6 Å². The number of alkyl halides is 9. The fourth-order valence-electron chi connectivity index (χ4n) is 4.50. The summed E-state index contributed by atoms with van der Waals surface area (Å²) in [4.78, 5) is 31.8. The van der Waals surface area contributed by atoms with Crippen molar-refractivity contribution >= 4 is 23.4 Å². The number of hydrogen-bond acceptors (Lipinski definition) is 8. The third kappa shape index (κ3) is 13.3. The van der Waals surface area contributed by atoms with E-state index in [4.69, 9.17) is 4.74 Å². The van der Waals surface area contributed by atoms with E-state index in [1.165, 1.54) is 0 Å². The van der Waals surface area contributed by atoms with Crippen molar-refractivity contribution in [2.45, 2.75) is 70.6 Å². The number of hydrogen-bond donors (Lipinski definition) is 1. The van der Waals surface area contributed by atoms with Crippen LogP contribution in [0.25, 0.3) is 0 Å². The summed E-state index contributed by atoms with van der Waals surface area (Å²) in [6.07, 6.45) is -12.2. The van der Waals surface area contributed by atoms with Crippen LogP contribution in [0.4, 0.5) is 51.1 Å². The summed E-state index contributed by atoms with van der Waals surface area (Å²) in [5, 5.41) is 13.5. The molecule has 0 saturated heterocycles. The molecule has 0 spiro atoms. The molecule has 1 heterocycles. The maximum Gasteiger partial charge on any atom is 1.00 e. The first-order chi connectivity index (χ1) is 22.4. The Kier molecular flexibility index (Phi) is 15.2. The van der Waals surface area contributed by atoms with E-state index in [9.17, 15) is 54.2 Å². The van der Waals surface area contributed by atoms with Gasteiger partial charge in [-0.05, 0) is 66.8 Å². The molecule has 0 fully saturated rings. The van der Waals surface area contributed by atoms with Crippen LogP contribution in [0, 0.1) is 0 Å². The fraction of sp³-hybridized carbons (Fsp3) is 0.419. The maximum atomic E-state index is 13.7. The molecule has 0 unspecified atom stereocenters. The molecule has 0 atom stereocenters. The SMILES string of the molecule is CCCC(=O)CCNc1ccc(C(F)(F)F)cc1CN(Cc1cc(C(F)(F)F)cc(C(F)(F)F)c1)c1ncc(OCCCC(=O)[O-])cn1.[Na+]. The van der Waals surface area contributed by atoms with Gasteiger partial charge in [0.2, 0.25) is 5.95 Å². The molecule has 8 nitrogen and oxygen atoms in total. The van der Waals surface area contributed by atoms with E-state index >= 15 is 0 Å².